The molecule has 1 aromatic carbocycles. The van der Waals surface area contributed by atoms with Gasteiger partial charge in [0.25, 0.3) is 0 Å². The highest BCUT2D eigenvalue weighted by Gasteiger charge is 2.35. The van der Waals surface area contributed by atoms with Crippen LogP contribution in [0.3, 0.4) is 0 Å². The van der Waals surface area contributed by atoms with Crippen molar-refractivity contribution in [3.8, 4) is 0 Å². The molecular formula is C14H16BrClF4N2S. The minimum Gasteiger partial charge on any atom is -0.215 e. The minimum absolute atomic E-state index is 0.0232. The third kappa shape index (κ3) is 5.19. The zero-order chi connectivity index (χ0) is 18.4. The average Bonchev–Trinajstić information content (AvgIpc) is 2.53. The number of aromatic nitrogens is 2. The fraction of sp³-hybridized carbons (Fsp3) is 0.429. The highest BCUT2D eigenvalue weighted by Crippen LogP contribution is 2.40. The smallest absolute Gasteiger partial charge is 0.215 e. The van der Waals surface area contributed by atoms with Gasteiger partial charge in [0.05, 0.1) is 10.0 Å². The molecule has 0 radical (unpaired) electrons. The summed E-state index contributed by atoms with van der Waals surface area (Å²) in [5, 5.41) is -0.0563. The Morgan fingerprint density at radius 3 is 2.09 bits per heavy atom. The maximum atomic E-state index is 14.0. The third-order valence-electron chi connectivity index (χ3n) is 2.31. The lowest BCUT2D eigenvalue weighted by Crippen LogP contribution is -2.08. The summed E-state index contributed by atoms with van der Waals surface area (Å²) in [6.07, 6.45) is -3.07. The van der Waals surface area contributed by atoms with Crippen molar-refractivity contribution in [1.82, 2.24) is 9.97 Å². The Morgan fingerprint density at radius 2 is 1.65 bits per heavy atom. The van der Waals surface area contributed by atoms with Gasteiger partial charge < -0.3 is 0 Å². The Labute approximate surface area is 150 Å². The highest BCUT2D eigenvalue weighted by molar-refractivity contribution is 9.10. The number of halogens is 6. The van der Waals surface area contributed by atoms with Crippen LogP contribution in [0, 0.1) is 5.82 Å². The van der Waals surface area contributed by atoms with Gasteiger partial charge in [-0.05, 0) is 39.9 Å². The first-order valence-electron chi connectivity index (χ1n) is 6.72. The minimum atomic E-state index is -4.68. The number of hydrogen-bond acceptors (Lipinski definition) is 3. The molecule has 2 nitrogen and oxygen atoms in total. The van der Waals surface area contributed by atoms with Crippen LogP contribution >= 0.6 is 39.3 Å². The Morgan fingerprint density at radius 1 is 1.13 bits per heavy atom. The van der Waals surface area contributed by atoms with Crippen molar-refractivity contribution in [2.24, 2.45) is 0 Å². The van der Waals surface area contributed by atoms with Crippen molar-refractivity contribution >= 4 is 50.2 Å². The standard InChI is InChI=1S/C10H4BrClF4N2S.2C2H6/c1-19-8-3-2-4(10(14,15)16)5(11)6(13)7(3)17-9(12)18-8;2*1-2/h2H,1H3;2*1-2H3. The molecule has 0 N–H and O–H groups in total. The number of hydrogen-bond donors (Lipinski definition) is 0. The van der Waals surface area contributed by atoms with E-state index in [1.54, 1.807) is 6.26 Å². The van der Waals surface area contributed by atoms with Crippen molar-refractivity contribution in [3.05, 3.63) is 27.2 Å². The monoisotopic (exact) mass is 434 g/mol. The fourth-order valence-electron chi connectivity index (χ4n) is 1.51. The van der Waals surface area contributed by atoms with Crippen LogP contribution in [0.1, 0.15) is 33.3 Å². The molecule has 0 saturated carbocycles. The maximum absolute atomic E-state index is 14.0. The first-order chi connectivity index (χ1) is 10.8. The van der Waals surface area contributed by atoms with Gasteiger partial charge in [-0.1, -0.05) is 27.7 Å². The van der Waals surface area contributed by atoms with Crippen LogP contribution in [0.25, 0.3) is 10.9 Å². The van der Waals surface area contributed by atoms with Crippen LogP contribution < -0.4 is 0 Å². The SMILES string of the molecule is CC.CC.CSc1nc(Cl)nc2c(F)c(Br)c(C(F)(F)F)cc12. The molecule has 9 heteroatoms. The molecule has 0 atom stereocenters. The molecular weight excluding hydrogens is 420 g/mol. The van der Waals surface area contributed by atoms with Crippen LogP contribution in [0.5, 0.6) is 0 Å². The van der Waals surface area contributed by atoms with Crippen molar-refractivity contribution in [1.29, 1.82) is 0 Å². The molecule has 0 unspecified atom stereocenters. The van der Waals surface area contributed by atoms with E-state index >= 15 is 0 Å². The number of fused-ring (bicyclic) bond motifs is 1. The quantitative estimate of drug-likeness (QED) is 0.209. The first-order valence-corrected chi connectivity index (χ1v) is 9.11. The summed E-state index contributed by atoms with van der Waals surface area (Å²) in [4.78, 5) is 7.42. The van der Waals surface area contributed by atoms with Crippen molar-refractivity contribution < 1.29 is 17.6 Å². The zero-order valence-electron chi connectivity index (χ0n) is 13.1. The van der Waals surface area contributed by atoms with Crippen molar-refractivity contribution in [3.63, 3.8) is 0 Å². The second kappa shape index (κ2) is 9.64. The van der Waals surface area contributed by atoms with Gasteiger partial charge in [0, 0.05) is 5.39 Å². The molecule has 2 rings (SSSR count). The van der Waals surface area contributed by atoms with Gasteiger partial charge in [-0.2, -0.15) is 13.2 Å². The number of thioether (sulfide) groups is 1. The van der Waals surface area contributed by atoms with Gasteiger partial charge in [0.15, 0.2) is 5.82 Å². The Hall–Kier alpha value is -0.600. The Kier molecular flexibility index (Phi) is 9.39. The van der Waals surface area contributed by atoms with Gasteiger partial charge in [-0.3, -0.25) is 0 Å². The van der Waals surface area contributed by atoms with Gasteiger partial charge in [0.1, 0.15) is 10.5 Å². The molecule has 0 fully saturated rings. The van der Waals surface area contributed by atoms with Crippen LogP contribution in [0.15, 0.2) is 15.6 Å². The second-order valence-electron chi connectivity index (χ2n) is 3.45. The predicted octanol–water partition coefficient (Wildman–Crippen LogP) is 6.98. The summed E-state index contributed by atoms with van der Waals surface area (Å²) in [5.41, 5.74) is -1.36. The second-order valence-corrected chi connectivity index (χ2v) is 5.37. The lowest BCUT2D eigenvalue weighted by atomic mass is 10.1. The summed E-state index contributed by atoms with van der Waals surface area (Å²) < 4.78 is 51.7. The molecule has 1 heterocycles. The summed E-state index contributed by atoms with van der Waals surface area (Å²) in [6.45, 7) is 8.00. The summed E-state index contributed by atoms with van der Waals surface area (Å²) in [5.74, 6) is -1.11. The van der Waals surface area contributed by atoms with E-state index in [1.165, 1.54) is 0 Å². The van der Waals surface area contributed by atoms with Gasteiger partial charge in [-0.25, -0.2) is 14.4 Å². The fourth-order valence-corrected chi connectivity index (χ4v) is 2.81. The van der Waals surface area contributed by atoms with Gasteiger partial charge >= 0.3 is 6.18 Å². The van der Waals surface area contributed by atoms with Crippen LogP contribution in [0.2, 0.25) is 5.28 Å². The molecule has 0 bridgehead atoms. The Bertz CT molecular complexity index is 665. The maximum Gasteiger partial charge on any atom is 0.417 e. The molecule has 2 aromatic rings. The Balaban J connectivity index is 0.00000112. The first kappa shape index (κ1) is 22.4. The topological polar surface area (TPSA) is 25.8 Å². The van der Waals surface area contributed by atoms with E-state index in [0.717, 1.165) is 17.8 Å². The van der Waals surface area contributed by atoms with Crippen molar-refractivity contribution in [2.45, 2.75) is 38.9 Å². The van der Waals surface area contributed by atoms with Gasteiger partial charge in [-0.15, -0.1) is 11.8 Å². The third-order valence-corrected chi connectivity index (χ3v) is 3.95. The lowest BCUT2D eigenvalue weighted by molar-refractivity contribution is -0.138. The van der Waals surface area contributed by atoms with Crippen LogP contribution in [-0.2, 0) is 6.18 Å². The molecule has 130 valence electrons. The van der Waals surface area contributed by atoms with Crippen molar-refractivity contribution in [2.75, 3.05) is 6.26 Å². The number of benzene rings is 1. The largest absolute Gasteiger partial charge is 0.417 e. The van der Waals surface area contributed by atoms with E-state index in [-0.39, 0.29) is 21.2 Å². The summed E-state index contributed by atoms with van der Waals surface area (Å²) in [6, 6.07) is 0.810. The zero-order valence-corrected chi connectivity index (χ0v) is 16.3. The van der Waals surface area contributed by atoms with E-state index in [9.17, 15) is 17.6 Å². The van der Waals surface area contributed by atoms with Crippen LogP contribution in [0.4, 0.5) is 17.6 Å². The molecule has 0 spiro atoms. The molecule has 0 saturated heterocycles. The summed E-state index contributed by atoms with van der Waals surface area (Å²) in [7, 11) is 0. The number of alkyl halides is 3. The van der Waals surface area contributed by atoms with E-state index in [4.69, 9.17) is 11.6 Å². The van der Waals surface area contributed by atoms with E-state index in [1.807, 2.05) is 27.7 Å². The molecule has 0 aliphatic heterocycles. The van der Waals surface area contributed by atoms with E-state index in [0.29, 0.717) is 0 Å². The predicted molar refractivity (Wildman–Crippen MR) is 91.7 cm³/mol. The molecule has 0 aliphatic carbocycles. The molecule has 0 amide bonds. The average molecular weight is 436 g/mol. The number of nitrogens with zero attached hydrogens (tertiary/aromatic N) is 2. The molecule has 0 aliphatic rings. The van der Waals surface area contributed by atoms with Crippen LogP contribution in [-0.4, -0.2) is 16.2 Å². The molecule has 1 aromatic heterocycles. The lowest BCUT2D eigenvalue weighted by Gasteiger charge is -2.12. The normalized spacial score (nSPS) is 10.6. The summed E-state index contributed by atoms with van der Waals surface area (Å²) >= 11 is 9.28. The van der Waals surface area contributed by atoms with Gasteiger partial charge in [0.2, 0.25) is 5.28 Å². The van der Waals surface area contributed by atoms with E-state index in [2.05, 4.69) is 25.9 Å². The molecule has 23 heavy (non-hydrogen) atoms. The number of rotatable bonds is 1. The van der Waals surface area contributed by atoms with E-state index < -0.39 is 22.0 Å². The highest BCUT2D eigenvalue weighted by atomic mass is 79.9.